The van der Waals surface area contributed by atoms with Crippen LogP contribution in [-0.4, -0.2) is 40.7 Å². The minimum Gasteiger partial charge on any atom is -0.300 e. The molecule has 1 aliphatic heterocycles. The molecule has 1 saturated heterocycles. The summed E-state index contributed by atoms with van der Waals surface area (Å²) in [7, 11) is 2.09. The number of nitrogens with zero attached hydrogens (tertiary/aromatic N) is 3. The number of piperazine rings is 1. The third-order valence-electron chi connectivity index (χ3n) is 2.05. The van der Waals surface area contributed by atoms with Gasteiger partial charge in [0, 0.05) is 48.5 Å². The van der Waals surface area contributed by atoms with Crippen molar-refractivity contribution in [3.05, 3.63) is 0 Å². The molecule has 1 atom stereocenters. The lowest BCUT2D eigenvalue weighted by atomic mass is 10.1. The summed E-state index contributed by atoms with van der Waals surface area (Å²) in [5.41, 5.74) is 0. The van der Waals surface area contributed by atoms with Crippen LogP contribution < -0.4 is 0 Å². The summed E-state index contributed by atoms with van der Waals surface area (Å²) in [5.74, 6) is 0. The Bertz CT molecular complexity index is 166. The van der Waals surface area contributed by atoms with Gasteiger partial charge in [0.1, 0.15) is 0 Å². The minimum atomic E-state index is 0.436. The average Bonchev–Trinajstić information content (AvgIpc) is 1.98. The summed E-state index contributed by atoms with van der Waals surface area (Å²) >= 11 is 2.32. The van der Waals surface area contributed by atoms with Crippen molar-refractivity contribution in [1.29, 1.82) is 5.26 Å². The number of halogens is 1. The van der Waals surface area contributed by atoms with E-state index in [4.69, 9.17) is 5.26 Å². The van der Waals surface area contributed by atoms with Crippen molar-refractivity contribution in [2.24, 2.45) is 0 Å². The van der Waals surface area contributed by atoms with E-state index in [9.17, 15) is 0 Å². The maximum atomic E-state index is 8.52. The molecule has 1 heterocycles. The Labute approximate surface area is 81.5 Å². The molecule has 1 aliphatic rings. The van der Waals surface area contributed by atoms with E-state index < -0.39 is 0 Å². The summed E-state index contributed by atoms with van der Waals surface area (Å²) in [6.07, 6.45) is 0.649. The van der Waals surface area contributed by atoms with Crippen molar-refractivity contribution in [2.75, 3.05) is 26.7 Å². The molecular formula is C7H12IN3. The number of hydrogen-bond donors (Lipinski definition) is 0. The van der Waals surface area contributed by atoms with Crippen LogP contribution in [0.15, 0.2) is 0 Å². The molecule has 0 amide bonds. The van der Waals surface area contributed by atoms with E-state index in [2.05, 4.69) is 44.0 Å². The lowest BCUT2D eigenvalue weighted by Crippen LogP contribution is -2.47. The summed E-state index contributed by atoms with van der Waals surface area (Å²) in [6.45, 7) is 3.21. The van der Waals surface area contributed by atoms with E-state index in [1.165, 1.54) is 0 Å². The third kappa shape index (κ3) is 2.58. The number of likely N-dealkylation sites (N-methyl/N-ethyl adjacent to an activating group) is 1. The van der Waals surface area contributed by atoms with E-state index in [1.807, 2.05) is 0 Å². The summed E-state index contributed by atoms with van der Waals surface area (Å²) in [6, 6.07) is 2.65. The van der Waals surface area contributed by atoms with Crippen molar-refractivity contribution >= 4 is 22.9 Å². The van der Waals surface area contributed by atoms with Crippen LogP contribution in [0, 0.1) is 11.3 Å². The second-order valence-electron chi connectivity index (χ2n) is 2.87. The van der Waals surface area contributed by atoms with Crippen LogP contribution in [0.5, 0.6) is 0 Å². The van der Waals surface area contributed by atoms with Crippen LogP contribution in [0.25, 0.3) is 0 Å². The molecule has 62 valence electrons. The van der Waals surface area contributed by atoms with Gasteiger partial charge < -0.3 is 0 Å². The molecule has 4 heteroatoms. The molecule has 0 aromatic heterocycles. The molecule has 0 N–H and O–H groups in total. The van der Waals surface area contributed by atoms with E-state index in [1.54, 1.807) is 0 Å². The number of hydrogen-bond acceptors (Lipinski definition) is 3. The second kappa shape index (κ2) is 4.24. The van der Waals surface area contributed by atoms with Gasteiger partial charge in [-0.1, -0.05) is 0 Å². The third-order valence-corrected chi connectivity index (χ3v) is 2.93. The Morgan fingerprint density at radius 2 is 2.36 bits per heavy atom. The Hall–Kier alpha value is 0.140. The molecule has 0 saturated carbocycles. The summed E-state index contributed by atoms with van der Waals surface area (Å²) in [5, 5.41) is 8.52. The minimum absolute atomic E-state index is 0.436. The van der Waals surface area contributed by atoms with Gasteiger partial charge in [-0.2, -0.15) is 5.26 Å². The predicted octanol–water partition coefficient (Wildman–Crippen LogP) is 0.866. The Morgan fingerprint density at radius 1 is 1.64 bits per heavy atom. The molecule has 3 nitrogen and oxygen atoms in total. The van der Waals surface area contributed by atoms with Gasteiger partial charge in [0.15, 0.2) is 0 Å². The van der Waals surface area contributed by atoms with E-state index in [0.717, 1.165) is 19.6 Å². The first-order valence-corrected chi connectivity index (χ1v) is 4.68. The highest BCUT2D eigenvalue weighted by atomic mass is 127. The molecule has 1 rings (SSSR count). The second-order valence-corrected chi connectivity index (χ2v) is 4.23. The highest BCUT2D eigenvalue weighted by Gasteiger charge is 2.22. The molecule has 1 fully saturated rings. The van der Waals surface area contributed by atoms with Crippen LogP contribution in [-0.2, 0) is 0 Å². The molecule has 0 aromatic carbocycles. The predicted molar refractivity (Wildman–Crippen MR) is 52.2 cm³/mol. The largest absolute Gasteiger partial charge is 0.300 e. The molecule has 0 radical (unpaired) electrons. The summed E-state index contributed by atoms with van der Waals surface area (Å²) in [4.78, 5) is 2.26. The topological polar surface area (TPSA) is 30.3 Å². The van der Waals surface area contributed by atoms with Gasteiger partial charge in [-0.15, -0.1) is 0 Å². The first kappa shape index (κ1) is 9.23. The van der Waals surface area contributed by atoms with Gasteiger partial charge in [-0.25, -0.2) is 3.11 Å². The molecular weight excluding hydrogens is 253 g/mol. The zero-order valence-electron chi connectivity index (χ0n) is 6.63. The monoisotopic (exact) mass is 265 g/mol. The smallest absolute Gasteiger partial charge is 0.0638 e. The van der Waals surface area contributed by atoms with Crippen molar-refractivity contribution in [3.8, 4) is 6.07 Å². The number of nitriles is 1. The SMILES string of the molecule is CN1CCN(I)CC1CC#N. The van der Waals surface area contributed by atoms with Crippen molar-refractivity contribution in [2.45, 2.75) is 12.5 Å². The van der Waals surface area contributed by atoms with E-state index in [0.29, 0.717) is 12.5 Å². The van der Waals surface area contributed by atoms with Gasteiger partial charge >= 0.3 is 0 Å². The maximum absolute atomic E-state index is 8.52. The average molecular weight is 265 g/mol. The Balaban J connectivity index is 2.42. The van der Waals surface area contributed by atoms with Crippen LogP contribution >= 0.6 is 22.9 Å². The zero-order chi connectivity index (χ0) is 8.27. The van der Waals surface area contributed by atoms with Crippen LogP contribution in [0.2, 0.25) is 0 Å². The maximum Gasteiger partial charge on any atom is 0.0638 e. The molecule has 11 heavy (non-hydrogen) atoms. The molecule has 0 aliphatic carbocycles. The van der Waals surface area contributed by atoms with Gasteiger partial charge in [0.25, 0.3) is 0 Å². The van der Waals surface area contributed by atoms with E-state index >= 15 is 0 Å². The van der Waals surface area contributed by atoms with Gasteiger partial charge in [-0.05, 0) is 7.05 Å². The fourth-order valence-electron chi connectivity index (χ4n) is 1.23. The highest BCUT2D eigenvalue weighted by Crippen LogP contribution is 2.13. The van der Waals surface area contributed by atoms with Crippen molar-refractivity contribution in [1.82, 2.24) is 8.01 Å². The zero-order valence-corrected chi connectivity index (χ0v) is 8.78. The van der Waals surface area contributed by atoms with Gasteiger partial charge in [0.05, 0.1) is 12.5 Å². The van der Waals surface area contributed by atoms with Crippen molar-refractivity contribution < 1.29 is 0 Å². The van der Waals surface area contributed by atoms with Crippen LogP contribution in [0.3, 0.4) is 0 Å². The van der Waals surface area contributed by atoms with Crippen LogP contribution in [0.1, 0.15) is 6.42 Å². The summed E-state index contributed by atoms with van der Waals surface area (Å²) < 4.78 is 2.25. The lowest BCUT2D eigenvalue weighted by Gasteiger charge is -2.35. The first-order valence-electron chi connectivity index (χ1n) is 3.72. The van der Waals surface area contributed by atoms with Crippen molar-refractivity contribution in [3.63, 3.8) is 0 Å². The Morgan fingerprint density at radius 3 is 3.00 bits per heavy atom. The molecule has 0 spiro atoms. The quantitative estimate of drug-likeness (QED) is 0.520. The lowest BCUT2D eigenvalue weighted by molar-refractivity contribution is 0.166. The Kier molecular flexibility index (Phi) is 3.55. The molecule has 0 bridgehead atoms. The standard InChI is InChI=1S/C7H12IN3/c1-10-4-5-11(8)6-7(10)2-3-9/h7H,2,4-6H2,1H3. The van der Waals surface area contributed by atoms with E-state index in [-0.39, 0.29) is 0 Å². The van der Waals surface area contributed by atoms with Crippen LogP contribution in [0.4, 0.5) is 0 Å². The number of rotatable bonds is 1. The highest BCUT2D eigenvalue weighted by molar-refractivity contribution is 14.1. The molecule has 1 unspecified atom stereocenters. The fourth-order valence-corrected chi connectivity index (χ4v) is 1.90. The van der Waals surface area contributed by atoms with Gasteiger partial charge in [-0.3, -0.25) is 4.90 Å². The fraction of sp³-hybridized carbons (Fsp3) is 0.857. The van der Waals surface area contributed by atoms with Gasteiger partial charge in [0.2, 0.25) is 0 Å². The first-order chi connectivity index (χ1) is 5.24. The molecule has 0 aromatic rings. The normalized spacial score (nSPS) is 28.3.